The van der Waals surface area contributed by atoms with Crippen LogP contribution in [0.4, 0.5) is 0 Å². The van der Waals surface area contributed by atoms with Gasteiger partial charge in [-0.15, -0.1) is 0 Å². The first-order chi connectivity index (χ1) is 9.00. The van der Waals surface area contributed by atoms with Crippen LogP contribution in [0.3, 0.4) is 0 Å². The fraction of sp³-hybridized carbons (Fsp3) is 0.846. The van der Waals surface area contributed by atoms with Crippen LogP contribution in [-0.2, 0) is 19.1 Å². The maximum absolute atomic E-state index is 11.0. The predicted molar refractivity (Wildman–Crippen MR) is 62.2 cm³/mol. The predicted octanol–water partition coefficient (Wildman–Crippen LogP) is 1.59. The first-order valence-corrected chi connectivity index (χ1v) is 6.86. The van der Waals surface area contributed by atoms with E-state index in [2.05, 4.69) is 0 Å². The Kier molecular flexibility index (Phi) is 2.83. The number of rotatable bonds is 6. The van der Waals surface area contributed by atoms with Gasteiger partial charge in [0.25, 0.3) is 0 Å². The van der Waals surface area contributed by atoms with E-state index >= 15 is 0 Å². The Morgan fingerprint density at radius 2 is 1.79 bits per heavy atom. The van der Waals surface area contributed by atoms with Gasteiger partial charge in [-0.2, -0.15) is 0 Å². The van der Waals surface area contributed by atoms with Crippen molar-refractivity contribution in [3.63, 3.8) is 0 Å². The molecule has 3 rings (SSSR count). The van der Waals surface area contributed by atoms with E-state index in [1.165, 1.54) is 19.3 Å². The van der Waals surface area contributed by atoms with Crippen LogP contribution in [0.25, 0.3) is 0 Å². The number of ether oxygens (including phenoxy) is 2. The number of carboxylic acids is 2. The Labute approximate surface area is 110 Å². The summed E-state index contributed by atoms with van der Waals surface area (Å²) < 4.78 is 10.3. The largest absolute Gasteiger partial charge is 0.481 e. The minimum atomic E-state index is -1.53. The first-order valence-electron chi connectivity index (χ1n) is 6.86. The molecule has 0 radical (unpaired) electrons. The van der Waals surface area contributed by atoms with Gasteiger partial charge in [-0.3, -0.25) is 14.3 Å². The SMILES string of the molecule is O=C(O)CC(CC1CCCCC1)C12OC1(C(=O)O)O2. The Morgan fingerprint density at radius 1 is 1.16 bits per heavy atom. The van der Waals surface area contributed by atoms with Crippen molar-refractivity contribution in [3.8, 4) is 0 Å². The van der Waals surface area contributed by atoms with Gasteiger partial charge in [0, 0.05) is 5.92 Å². The highest BCUT2D eigenvalue weighted by Crippen LogP contribution is 2.72. The Bertz CT molecular complexity index is 405. The van der Waals surface area contributed by atoms with Crippen molar-refractivity contribution >= 4 is 11.9 Å². The molecule has 3 aliphatic rings. The van der Waals surface area contributed by atoms with Crippen molar-refractivity contribution in [1.29, 1.82) is 0 Å². The number of epoxide rings is 2. The fourth-order valence-corrected chi connectivity index (χ4v) is 3.46. The second-order valence-corrected chi connectivity index (χ2v) is 5.83. The lowest BCUT2D eigenvalue weighted by Crippen LogP contribution is -2.24. The lowest BCUT2D eigenvalue weighted by molar-refractivity contribution is -0.171. The molecule has 0 aromatic carbocycles. The summed E-state index contributed by atoms with van der Waals surface area (Å²) in [5.41, 5.74) is 0. The van der Waals surface area contributed by atoms with E-state index < -0.39 is 23.5 Å². The molecule has 19 heavy (non-hydrogen) atoms. The number of aliphatic carboxylic acids is 2. The van der Waals surface area contributed by atoms with Crippen molar-refractivity contribution in [3.05, 3.63) is 0 Å². The number of hydrogen-bond donors (Lipinski definition) is 2. The zero-order valence-electron chi connectivity index (χ0n) is 10.6. The average molecular weight is 270 g/mol. The van der Waals surface area contributed by atoms with Crippen LogP contribution in [0.1, 0.15) is 44.9 Å². The molecule has 0 aromatic heterocycles. The maximum Gasteiger partial charge on any atom is 0.370 e. The summed E-state index contributed by atoms with van der Waals surface area (Å²) in [4.78, 5) is 22.0. The molecule has 1 aliphatic carbocycles. The van der Waals surface area contributed by atoms with Crippen LogP contribution in [0.5, 0.6) is 0 Å². The number of fused-ring (bicyclic) bond motifs is 1. The van der Waals surface area contributed by atoms with E-state index in [0.29, 0.717) is 12.3 Å². The second-order valence-electron chi connectivity index (χ2n) is 5.83. The molecule has 0 aromatic rings. The van der Waals surface area contributed by atoms with Crippen LogP contribution in [0.2, 0.25) is 0 Å². The van der Waals surface area contributed by atoms with E-state index in [1.54, 1.807) is 0 Å². The van der Waals surface area contributed by atoms with Crippen molar-refractivity contribution in [2.75, 3.05) is 0 Å². The molecule has 3 fully saturated rings. The summed E-state index contributed by atoms with van der Waals surface area (Å²) in [6.45, 7) is 0. The van der Waals surface area contributed by atoms with Gasteiger partial charge < -0.3 is 10.2 Å². The molecule has 1 saturated carbocycles. The molecule has 2 N–H and O–H groups in total. The zero-order chi connectivity index (χ0) is 13.7. The molecule has 0 spiro atoms. The maximum atomic E-state index is 11.0. The molecule has 2 aliphatic heterocycles. The molecule has 1 atom stereocenters. The van der Waals surface area contributed by atoms with Crippen molar-refractivity contribution < 1.29 is 29.3 Å². The van der Waals surface area contributed by atoms with Gasteiger partial charge >= 0.3 is 17.7 Å². The fourth-order valence-electron chi connectivity index (χ4n) is 3.46. The summed E-state index contributed by atoms with van der Waals surface area (Å²) in [5, 5.41) is 18.0. The molecule has 6 heteroatoms. The molecular weight excluding hydrogens is 252 g/mol. The van der Waals surface area contributed by atoms with Gasteiger partial charge in [0.1, 0.15) is 0 Å². The van der Waals surface area contributed by atoms with E-state index in [4.69, 9.17) is 19.7 Å². The summed E-state index contributed by atoms with van der Waals surface area (Å²) in [6.07, 6.45) is 6.34. The number of carbonyl (C=O) groups is 2. The van der Waals surface area contributed by atoms with E-state index in [0.717, 1.165) is 12.8 Å². The van der Waals surface area contributed by atoms with E-state index in [-0.39, 0.29) is 12.3 Å². The Hall–Kier alpha value is -1.14. The Balaban J connectivity index is 1.66. The molecule has 106 valence electrons. The van der Waals surface area contributed by atoms with Crippen LogP contribution in [-0.4, -0.2) is 33.7 Å². The van der Waals surface area contributed by atoms with Crippen molar-refractivity contribution in [2.45, 2.75) is 56.5 Å². The minimum Gasteiger partial charge on any atom is -0.481 e. The highest BCUT2D eigenvalue weighted by Gasteiger charge is 2.98. The number of hydrogen-bond acceptors (Lipinski definition) is 4. The van der Waals surface area contributed by atoms with Gasteiger partial charge in [0.2, 0.25) is 5.79 Å². The highest BCUT2D eigenvalue weighted by molar-refractivity contribution is 5.85. The topological polar surface area (TPSA) is 99.7 Å². The van der Waals surface area contributed by atoms with Gasteiger partial charge in [0.15, 0.2) is 0 Å². The summed E-state index contributed by atoms with van der Waals surface area (Å²) in [7, 11) is 0. The molecule has 0 bridgehead atoms. The van der Waals surface area contributed by atoms with Crippen LogP contribution < -0.4 is 0 Å². The van der Waals surface area contributed by atoms with Gasteiger partial charge in [-0.25, -0.2) is 4.79 Å². The highest BCUT2D eigenvalue weighted by atomic mass is 17.1. The first kappa shape index (κ1) is 12.9. The molecule has 1 unspecified atom stereocenters. The van der Waals surface area contributed by atoms with Crippen LogP contribution in [0.15, 0.2) is 0 Å². The molecule has 6 nitrogen and oxygen atoms in total. The molecular formula is C13H18O6. The third-order valence-electron chi connectivity index (χ3n) is 4.55. The standard InChI is InChI=1S/C13H18O6/c14-10(15)7-9(6-8-4-2-1-3-5-8)12-13(18-12,19-12)11(16)17/h8-9H,1-7H2,(H,14,15)(H,16,17). The third kappa shape index (κ3) is 1.94. The summed E-state index contributed by atoms with van der Waals surface area (Å²) in [6, 6.07) is 0. The van der Waals surface area contributed by atoms with Gasteiger partial charge in [-0.05, 0) is 12.3 Å². The summed E-state index contributed by atoms with van der Waals surface area (Å²) in [5.74, 6) is -4.64. The van der Waals surface area contributed by atoms with Gasteiger partial charge in [0.05, 0.1) is 6.42 Å². The van der Waals surface area contributed by atoms with Crippen LogP contribution >= 0.6 is 0 Å². The van der Waals surface area contributed by atoms with Gasteiger partial charge in [-0.1, -0.05) is 32.1 Å². The second kappa shape index (κ2) is 4.18. The van der Waals surface area contributed by atoms with Crippen LogP contribution in [0, 0.1) is 11.8 Å². The third-order valence-corrected chi connectivity index (χ3v) is 4.55. The molecule has 2 saturated heterocycles. The minimum absolute atomic E-state index is 0.0917. The quantitative estimate of drug-likeness (QED) is 0.711. The average Bonchev–Trinajstić information content (AvgIpc) is 3.15. The monoisotopic (exact) mass is 270 g/mol. The van der Waals surface area contributed by atoms with Crippen molar-refractivity contribution in [2.24, 2.45) is 11.8 Å². The molecule has 0 amide bonds. The van der Waals surface area contributed by atoms with E-state index in [9.17, 15) is 9.59 Å². The Morgan fingerprint density at radius 3 is 2.26 bits per heavy atom. The lowest BCUT2D eigenvalue weighted by Gasteiger charge is -2.25. The normalized spacial score (nSPS) is 38.3. The zero-order valence-corrected chi connectivity index (χ0v) is 10.6. The van der Waals surface area contributed by atoms with E-state index in [1.807, 2.05) is 0 Å². The lowest BCUT2D eigenvalue weighted by atomic mass is 9.80. The number of carboxylic acid groups (broad SMARTS) is 2. The molecule has 2 heterocycles. The van der Waals surface area contributed by atoms with Crippen molar-refractivity contribution in [1.82, 2.24) is 0 Å². The summed E-state index contributed by atoms with van der Waals surface area (Å²) >= 11 is 0. The smallest absolute Gasteiger partial charge is 0.370 e.